The number of nitrogens with zero attached hydrogens (tertiary/aromatic N) is 1. The Morgan fingerprint density at radius 2 is 2.00 bits per heavy atom. The second kappa shape index (κ2) is 7.34. The second-order valence-corrected chi connectivity index (χ2v) is 5.78. The molecule has 1 fully saturated rings. The van der Waals surface area contributed by atoms with Gasteiger partial charge in [-0.25, -0.2) is 0 Å². The lowest BCUT2D eigenvalue weighted by atomic mass is 9.71. The number of likely N-dealkylation sites (N-methyl/N-ethyl adjacent to an activating group) is 1. The molecule has 0 atom stereocenters. The van der Waals surface area contributed by atoms with Crippen LogP contribution < -0.4 is 0 Å². The Morgan fingerprint density at radius 1 is 1.35 bits per heavy atom. The Hall–Kier alpha value is -0.120. The van der Waals surface area contributed by atoms with E-state index in [2.05, 4.69) is 18.9 Å². The number of hydrogen-bond donors (Lipinski definition) is 1. The van der Waals surface area contributed by atoms with Gasteiger partial charge in [-0.05, 0) is 32.7 Å². The molecule has 102 valence electrons. The van der Waals surface area contributed by atoms with Gasteiger partial charge in [0.05, 0.1) is 6.61 Å². The largest absolute Gasteiger partial charge is 0.396 e. The molecule has 0 aromatic rings. The van der Waals surface area contributed by atoms with Gasteiger partial charge in [-0.1, -0.05) is 19.8 Å². The molecule has 0 aliphatic heterocycles. The van der Waals surface area contributed by atoms with Crippen LogP contribution in [0.25, 0.3) is 0 Å². The second-order valence-electron chi connectivity index (χ2n) is 5.78. The van der Waals surface area contributed by atoms with Crippen molar-refractivity contribution >= 4 is 0 Å². The van der Waals surface area contributed by atoms with Gasteiger partial charge >= 0.3 is 0 Å². The van der Waals surface area contributed by atoms with Crippen molar-refractivity contribution in [1.82, 2.24) is 4.90 Å². The predicted octanol–water partition coefficient (Wildman–Crippen LogP) is 2.14. The lowest BCUT2D eigenvalue weighted by molar-refractivity contribution is 0.0274. The molecular weight excluding hydrogens is 214 g/mol. The van der Waals surface area contributed by atoms with E-state index in [1.807, 2.05) is 6.92 Å². The maximum atomic E-state index is 9.69. The van der Waals surface area contributed by atoms with Gasteiger partial charge in [0.1, 0.15) is 0 Å². The predicted molar refractivity (Wildman–Crippen MR) is 71.1 cm³/mol. The van der Waals surface area contributed by atoms with E-state index in [9.17, 15) is 5.11 Å². The molecule has 1 rings (SSSR count). The summed E-state index contributed by atoms with van der Waals surface area (Å²) in [5.41, 5.74) is 0.146. The summed E-state index contributed by atoms with van der Waals surface area (Å²) in [5, 5.41) is 9.69. The summed E-state index contributed by atoms with van der Waals surface area (Å²) >= 11 is 0. The van der Waals surface area contributed by atoms with Gasteiger partial charge in [0.25, 0.3) is 0 Å². The molecule has 1 N–H and O–H groups in total. The van der Waals surface area contributed by atoms with E-state index >= 15 is 0 Å². The summed E-state index contributed by atoms with van der Waals surface area (Å²) in [7, 11) is 2.13. The van der Waals surface area contributed by atoms with E-state index < -0.39 is 0 Å². The van der Waals surface area contributed by atoms with Crippen molar-refractivity contribution in [1.29, 1.82) is 0 Å². The summed E-state index contributed by atoms with van der Waals surface area (Å²) in [6, 6.07) is 0. The quantitative estimate of drug-likeness (QED) is 0.695. The zero-order valence-electron chi connectivity index (χ0n) is 11.7. The van der Waals surface area contributed by atoms with E-state index in [1.165, 1.54) is 25.7 Å². The van der Waals surface area contributed by atoms with E-state index in [4.69, 9.17) is 4.74 Å². The molecule has 1 aliphatic carbocycles. The van der Waals surface area contributed by atoms with E-state index in [0.717, 1.165) is 32.2 Å². The molecule has 0 heterocycles. The average molecular weight is 243 g/mol. The van der Waals surface area contributed by atoms with Crippen molar-refractivity contribution < 1.29 is 9.84 Å². The van der Waals surface area contributed by atoms with E-state index in [1.54, 1.807) is 0 Å². The van der Waals surface area contributed by atoms with Crippen LogP contribution in [0.4, 0.5) is 0 Å². The fourth-order valence-corrected chi connectivity index (χ4v) is 2.76. The molecule has 0 amide bonds. The lowest BCUT2D eigenvalue weighted by Gasteiger charge is -2.40. The van der Waals surface area contributed by atoms with Crippen molar-refractivity contribution in [3.05, 3.63) is 0 Å². The number of aliphatic hydroxyl groups is 1. The highest BCUT2D eigenvalue weighted by molar-refractivity contribution is 4.86. The molecule has 0 aromatic carbocycles. The van der Waals surface area contributed by atoms with Crippen LogP contribution in [0.2, 0.25) is 0 Å². The minimum atomic E-state index is 0.146. The fourth-order valence-electron chi connectivity index (χ4n) is 2.76. The normalized spacial score (nSPS) is 29.8. The van der Waals surface area contributed by atoms with Gasteiger partial charge in [0.2, 0.25) is 0 Å². The van der Waals surface area contributed by atoms with Gasteiger partial charge in [0.15, 0.2) is 0 Å². The molecule has 0 aromatic heterocycles. The van der Waals surface area contributed by atoms with Gasteiger partial charge in [-0.3, -0.25) is 0 Å². The maximum Gasteiger partial charge on any atom is 0.0593 e. The monoisotopic (exact) mass is 243 g/mol. The van der Waals surface area contributed by atoms with Crippen LogP contribution >= 0.6 is 0 Å². The molecule has 0 unspecified atom stereocenters. The molecule has 3 heteroatoms. The minimum absolute atomic E-state index is 0.146. The van der Waals surface area contributed by atoms with Crippen LogP contribution in [0.15, 0.2) is 0 Å². The zero-order chi connectivity index (χ0) is 12.7. The molecule has 1 saturated carbocycles. The summed E-state index contributed by atoms with van der Waals surface area (Å²) in [4.78, 5) is 2.31. The van der Waals surface area contributed by atoms with Crippen molar-refractivity contribution in [3.8, 4) is 0 Å². The molecule has 0 spiro atoms. The van der Waals surface area contributed by atoms with Crippen LogP contribution in [0.5, 0.6) is 0 Å². The van der Waals surface area contributed by atoms with E-state index in [-0.39, 0.29) is 5.41 Å². The average Bonchev–Trinajstić information content (AvgIpc) is 2.33. The number of rotatable bonds is 7. The first kappa shape index (κ1) is 14.9. The molecular formula is C14H29NO2. The molecule has 1 aliphatic rings. The summed E-state index contributed by atoms with van der Waals surface area (Å²) in [6.07, 6.45) is 4.87. The molecule has 0 saturated heterocycles. The van der Waals surface area contributed by atoms with Crippen molar-refractivity contribution in [2.45, 2.75) is 39.5 Å². The third-order valence-electron chi connectivity index (χ3n) is 4.10. The van der Waals surface area contributed by atoms with E-state index in [0.29, 0.717) is 6.61 Å². The lowest BCUT2D eigenvalue weighted by Crippen LogP contribution is -2.42. The third-order valence-corrected chi connectivity index (χ3v) is 4.10. The Labute approximate surface area is 106 Å². The smallest absolute Gasteiger partial charge is 0.0593 e. The first-order valence-corrected chi connectivity index (χ1v) is 6.99. The van der Waals surface area contributed by atoms with Gasteiger partial charge < -0.3 is 14.7 Å². The maximum absolute atomic E-state index is 9.69. The molecule has 0 bridgehead atoms. The third kappa shape index (κ3) is 4.94. The number of aliphatic hydroxyl groups excluding tert-OH is 1. The van der Waals surface area contributed by atoms with Crippen LogP contribution in [-0.4, -0.2) is 50.0 Å². The van der Waals surface area contributed by atoms with Crippen LogP contribution in [0, 0.1) is 11.3 Å². The van der Waals surface area contributed by atoms with Crippen molar-refractivity contribution in [2.24, 2.45) is 11.3 Å². The van der Waals surface area contributed by atoms with Crippen molar-refractivity contribution in [2.75, 3.05) is 40.0 Å². The fraction of sp³-hybridized carbons (Fsp3) is 1.00. The standard InChI is InChI=1S/C14H29NO2/c1-4-17-10-9-15(3)11-14(12-16)7-5-13(2)6-8-14/h13,16H,4-12H2,1-3H3. The first-order valence-electron chi connectivity index (χ1n) is 6.99. The highest BCUT2D eigenvalue weighted by Crippen LogP contribution is 2.38. The highest BCUT2D eigenvalue weighted by atomic mass is 16.5. The SMILES string of the molecule is CCOCCN(C)CC1(CO)CCC(C)CC1. The van der Waals surface area contributed by atoms with Gasteiger partial charge in [-0.15, -0.1) is 0 Å². The van der Waals surface area contributed by atoms with Crippen LogP contribution in [0.3, 0.4) is 0 Å². The number of hydrogen-bond acceptors (Lipinski definition) is 3. The van der Waals surface area contributed by atoms with Crippen LogP contribution in [0.1, 0.15) is 39.5 Å². The summed E-state index contributed by atoms with van der Waals surface area (Å²) < 4.78 is 5.37. The van der Waals surface area contributed by atoms with Gasteiger partial charge in [-0.2, -0.15) is 0 Å². The Balaban J connectivity index is 2.34. The first-order chi connectivity index (χ1) is 8.12. The summed E-state index contributed by atoms with van der Waals surface area (Å²) in [5.74, 6) is 0.836. The minimum Gasteiger partial charge on any atom is -0.396 e. The Kier molecular flexibility index (Phi) is 6.45. The summed E-state index contributed by atoms with van der Waals surface area (Å²) in [6.45, 7) is 8.23. The Bertz CT molecular complexity index is 200. The Morgan fingerprint density at radius 3 is 2.53 bits per heavy atom. The van der Waals surface area contributed by atoms with Gasteiger partial charge in [0, 0.05) is 31.7 Å². The topological polar surface area (TPSA) is 32.7 Å². The van der Waals surface area contributed by atoms with Crippen molar-refractivity contribution in [3.63, 3.8) is 0 Å². The highest BCUT2D eigenvalue weighted by Gasteiger charge is 2.34. The zero-order valence-corrected chi connectivity index (χ0v) is 11.7. The molecule has 17 heavy (non-hydrogen) atoms. The molecule has 3 nitrogen and oxygen atoms in total. The van der Waals surface area contributed by atoms with Crippen LogP contribution in [-0.2, 0) is 4.74 Å². The number of ether oxygens (including phenoxy) is 1. The molecule has 0 radical (unpaired) electrons.